The molecule has 0 spiro atoms. The summed E-state index contributed by atoms with van der Waals surface area (Å²) in [6, 6.07) is 7.86. The number of anilines is 1. The zero-order chi connectivity index (χ0) is 25.7. The molecular formula is C23H19Br2ClN2O6S. The fourth-order valence-corrected chi connectivity index (χ4v) is 5.50. The number of carbonyl (C=O) groups is 4. The Morgan fingerprint density at radius 3 is 2.63 bits per heavy atom. The lowest BCUT2D eigenvalue weighted by Crippen LogP contribution is -2.36. The Morgan fingerprint density at radius 2 is 1.94 bits per heavy atom. The van der Waals surface area contributed by atoms with Crippen molar-refractivity contribution in [3.8, 4) is 5.75 Å². The van der Waals surface area contributed by atoms with Gasteiger partial charge in [-0.2, -0.15) is 0 Å². The molecule has 3 amide bonds. The summed E-state index contributed by atoms with van der Waals surface area (Å²) in [5.74, 6) is -1.34. The van der Waals surface area contributed by atoms with Gasteiger partial charge in [-0.05, 0) is 70.5 Å². The molecular weight excluding hydrogens is 628 g/mol. The molecule has 1 saturated heterocycles. The van der Waals surface area contributed by atoms with E-state index in [-0.39, 0.29) is 27.8 Å². The van der Waals surface area contributed by atoms with Crippen molar-refractivity contribution in [1.29, 1.82) is 0 Å². The molecule has 0 aliphatic carbocycles. The lowest BCUT2D eigenvalue weighted by molar-refractivity contribution is -0.127. The zero-order valence-corrected chi connectivity index (χ0v) is 23.3. The van der Waals surface area contributed by atoms with Crippen LogP contribution in [0.5, 0.6) is 5.75 Å². The van der Waals surface area contributed by atoms with E-state index in [2.05, 4.69) is 37.2 Å². The van der Waals surface area contributed by atoms with Crippen molar-refractivity contribution >= 4 is 90.0 Å². The normalized spacial score (nSPS) is 14.4. The van der Waals surface area contributed by atoms with Crippen LogP contribution >= 0.6 is 55.2 Å². The van der Waals surface area contributed by atoms with Gasteiger partial charge < -0.3 is 14.8 Å². The molecule has 1 aliphatic heterocycles. The molecule has 2 aromatic carbocycles. The molecule has 0 bridgehead atoms. The standard InChI is InChI=1S/C23H19Br2ClN2O6S/c1-3-6-34-22(31)15-10-14(4-5-17(15)26)27-19(29)11-28-21(30)18(35-23(28)32)8-12-7-13(24)9-16(25)20(12)33-2/h4-5,7-10H,3,6,11H2,1-2H3,(H,27,29)/b18-8+. The highest BCUT2D eigenvalue weighted by atomic mass is 79.9. The van der Waals surface area contributed by atoms with E-state index in [9.17, 15) is 19.2 Å². The number of hydrogen-bond acceptors (Lipinski definition) is 7. The molecule has 2 aromatic rings. The molecule has 0 unspecified atom stereocenters. The first-order valence-electron chi connectivity index (χ1n) is 10.2. The van der Waals surface area contributed by atoms with E-state index in [0.29, 0.717) is 22.2 Å². The van der Waals surface area contributed by atoms with E-state index in [0.717, 1.165) is 21.1 Å². The van der Waals surface area contributed by atoms with Crippen molar-refractivity contribution in [1.82, 2.24) is 4.90 Å². The van der Waals surface area contributed by atoms with E-state index >= 15 is 0 Å². The summed E-state index contributed by atoms with van der Waals surface area (Å²) in [7, 11) is 1.49. The molecule has 1 heterocycles. The monoisotopic (exact) mass is 644 g/mol. The van der Waals surface area contributed by atoms with Crippen molar-refractivity contribution < 1.29 is 28.7 Å². The van der Waals surface area contributed by atoms with Crippen LogP contribution in [-0.2, 0) is 14.3 Å². The summed E-state index contributed by atoms with van der Waals surface area (Å²) >= 11 is 13.6. The second-order valence-corrected chi connectivity index (χ2v) is 10.3. The van der Waals surface area contributed by atoms with Gasteiger partial charge in [0.15, 0.2) is 0 Å². The van der Waals surface area contributed by atoms with Gasteiger partial charge in [-0.25, -0.2) is 4.79 Å². The second-order valence-electron chi connectivity index (χ2n) is 7.16. The lowest BCUT2D eigenvalue weighted by Gasteiger charge is -2.13. The number of amides is 3. The smallest absolute Gasteiger partial charge is 0.339 e. The van der Waals surface area contributed by atoms with Gasteiger partial charge in [0.05, 0.1) is 33.7 Å². The third-order valence-corrected chi connectivity index (χ3v) is 6.89. The van der Waals surface area contributed by atoms with Crippen LogP contribution in [0.3, 0.4) is 0 Å². The highest BCUT2D eigenvalue weighted by Gasteiger charge is 2.36. The molecule has 1 aliphatic rings. The summed E-state index contributed by atoms with van der Waals surface area (Å²) < 4.78 is 11.9. The van der Waals surface area contributed by atoms with E-state index in [1.54, 1.807) is 12.1 Å². The van der Waals surface area contributed by atoms with Crippen LogP contribution in [-0.4, -0.2) is 48.2 Å². The largest absolute Gasteiger partial charge is 0.495 e. The number of imide groups is 1. The second kappa shape index (κ2) is 12.1. The summed E-state index contributed by atoms with van der Waals surface area (Å²) in [6.45, 7) is 1.60. The van der Waals surface area contributed by atoms with Crippen molar-refractivity contribution in [2.24, 2.45) is 0 Å². The van der Waals surface area contributed by atoms with E-state index < -0.39 is 29.6 Å². The molecule has 0 radical (unpaired) electrons. The van der Waals surface area contributed by atoms with Gasteiger partial charge in [0.2, 0.25) is 5.91 Å². The van der Waals surface area contributed by atoms with Gasteiger partial charge in [-0.15, -0.1) is 0 Å². The number of carbonyl (C=O) groups excluding carboxylic acids is 4. The number of nitrogens with zero attached hydrogens (tertiary/aromatic N) is 1. The number of thioether (sulfide) groups is 1. The number of halogens is 3. The summed E-state index contributed by atoms with van der Waals surface area (Å²) in [4.78, 5) is 51.1. The first-order valence-corrected chi connectivity index (χ1v) is 13.0. The molecule has 3 rings (SSSR count). The van der Waals surface area contributed by atoms with Gasteiger partial charge in [-0.3, -0.25) is 19.3 Å². The minimum atomic E-state index is -0.619. The molecule has 0 atom stereocenters. The van der Waals surface area contributed by atoms with Crippen LogP contribution in [0.2, 0.25) is 5.02 Å². The predicted octanol–water partition coefficient (Wildman–Crippen LogP) is 6.12. The van der Waals surface area contributed by atoms with E-state index in [1.807, 2.05) is 6.92 Å². The minimum absolute atomic E-state index is 0.0983. The predicted molar refractivity (Wildman–Crippen MR) is 142 cm³/mol. The quantitative estimate of drug-likeness (QED) is 0.273. The Balaban J connectivity index is 1.73. The maximum Gasteiger partial charge on any atom is 0.339 e. The summed E-state index contributed by atoms with van der Waals surface area (Å²) in [5.41, 5.74) is 0.947. The number of benzene rings is 2. The number of esters is 1. The third-order valence-electron chi connectivity index (χ3n) is 4.61. The molecule has 12 heteroatoms. The van der Waals surface area contributed by atoms with E-state index in [1.165, 1.54) is 31.4 Å². The molecule has 0 saturated carbocycles. The van der Waals surface area contributed by atoms with Crippen molar-refractivity contribution in [2.45, 2.75) is 13.3 Å². The zero-order valence-electron chi connectivity index (χ0n) is 18.5. The third kappa shape index (κ3) is 6.66. The molecule has 0 aromatic heterocycles. The van der Waals surface area contributed by atoms with Gasteiger partial charge >= 0.3 is 5.97 Å². The van der Waals surface area contributed by atoms with Gasteiger partial charge in [0.1, 0.15) is 12.3 Å². The molecule has 1 fully saturated rings. The molecule has 35 heavy (non-hydrogen) atoms. The molecule has 184 valence electrons. The highest BCUT2D eigenvalue weighted by molar-refractivity contribution is 9.11. The Hall–Kier alpha value is -2.34. The average Bonchev–Trinajstić information content (AvgIpc) is 3.05. The first-order chi connectivity index (χ1) is 16.6. The van der Waals surface area contributed by atoms with Crippen molar-refractivity contribution in [3.05, 3.63) is 60.3 Å². The number of nitrogens with one attached hydrogen (secondary N) is 1. The minimum Gasteiger partial charge on any atom is -0.495 e. The first kappa shape index (κ1) is 27.3. The van der Waals surface area contributed by atoms with Crippen LogP contribution < -0.4 is 10.1 Å². The molecule has 8 nitrogen and oxygen atoms in total. The lowest BCUT2D eigenvalue weighted by atomic mass is 10.2. The van der Waals surface area contributed by atoms with Crippen LogP contribution in [0, 0.1) is 0 Å². The fraction of sp³-hybridized carbons (Fsp3) is 0.217. The van der Waals surface area contributed by atoms with Crippen molar-refractivity contribution in [2.75, 3.05) is 25.6 Å². The van der Waals surface area contributed by atoms with Gasteiger partial charge in [-0.1, -0.05) is 34.5 Å². The number of methoxy groups -OCH3 is 1. The SMILES string of the molecule is CCCOC(=O)c1cc(NC(=O)CN2C(=O)S/C(=C/c3cc(Br)cc(Br)c3OC)C2=O)ccc1Cl. The topological polar surface area (TPSA) is 102 Å². The Kier molecular flexibility index (Phi) is 9.40. The van der Waals surface area contributed by atoms with Crippen LogP contribution in [0.1, 0.15) is 29.3 Å². The average molecular weight is 647 g/mol. The van der Waals surface area contributed by atoms with Crippen LogP contribution in [0.4, 0.5) is 10.5 Å². The van der Waals surface area contributed by atoms with Crippen LogP contribution in [0.25, 0.3) is 6.08 Å². The fourth-order valence-electron chi connectivity index (χ4n) is 3.06. The van der Waals surface area contributed by atoms with Crippen LogP contribution in [0.15, 0.2) is 44.2 Å². The number of hydrogen-bond donors (Lipinski definition) is 1. The highest BCUT2D eigenvalue weighted by Crippen LogP contribution is 2.38. The van der Waals surface area contributed by atoms with E-state index in [4.69, 9.17) is 21.1 Å². The Morgan fingerprint density at radius 1 is 1.20 bits per heavy atom. The summed E-state index contributed by atoms with van der Waals surface area (Å²) in [5, 5.41) is 2.17. The Labute approximate surface area is 227 Å². The summed E-state index contributed by atoms with van der Waals surface area (Å²) in [6.07, 6.45) is 2.18. The van der Waals surface area contributed by atoms with Gasteiger partial charge in [0, 0.05) is 15.7 Å². The molecule has 1 N–H and O–H groups in total. The maximum atomic E-state index is 12.9. The Bertz CT molecular complexity index is 1240. The van der Waals surface area contributed by atoms with Gasteiger partial charge in [0.25, 0.3) is 11.1 Å². The number of rotatable bonds is 8. The number of ether oxygens (including phenoxy) is 2. The van der Waals surface area contributed by atoms with Crippen molar-refractivity contribution in [3.63, 3.8) is 0 Å². The maximum absolute atomic E-state index is 12.9.